The van der Waals surface area contributed by atoms with Crippen LogP contribution in [0.25, 0.3) is 22.7 Å². The Morgan fingerprint density at radius 2 is 2.00 bits per heavy atom. The van der Waals surface area contributed by atoms with Crippen molar-refractivity contribution in [2.75, 3.05) is 51.9 Å². The molecule has 2 saturated heterocycles. The van der Waals surface area contributed by atoms with Gasteiger partial charge in [0.2, 0.25) is 0 Å². The van der Waals surface area contributed by atoms with E-state index in [1.54, 1.807) is 31.1 Å². The van der Waals surface area contributed by atoms with Gasteiger partial charge in [0, 0.05) is 37.9 Å². The van der Waals surface area contributed by atoms with E-state index in [2.05, 4.69) is 37.5 Å². The number of carbonyl (C=O) groups is 1. The van der Waals surface area contributed by atoms with Gasteiger partial charge in [-0.05, 0) is 44.5 Å². The monoisotopic (exact) mass is 546 g/mol. The maximum atomic E-state index is 14.7. The number of piperazine rings is 1. The molecule has 4 aromatic rings. The molecule has 5 heterocycles. The van der Waals surface area contributed by atoms with Gasteiger partial charge in [-0.3, -0.25) is 14.1 Å². The van der Waals surface area contributed by atoms with Gasteiger partial charge in [0.15, 0.2) is 0 Å². The number of hydrogen-bond donors (Lipinski definition) is 1. The minimum Gasteiger partial charge on any atom is -0.494 e. The van der Waals surface area contributed by atoms with Gasteiger partial charge in [0.1, 0.15) is 22.9 Å². The normalized spacial score (nSPS) is 18.8. The lowest BCUT2D eigenvalue weighted by atomic mass is 9.92. The molecule has 208 valence electrons. The number of halogens is 1. The number of hydrogen-bond acceptors (Lipinski definition) is 8. The summed E-state index contributed by atoms with van der Waals surface area (Å²) in [5.74, 6) is -0.210. The number of nitrogens with one attached hydrogen (secondary N) is 1. The van der Waals surface area contributed by atoms with Crippen LogP contribution >= 0.6 is 0 Å². The zero-order valence-electron chi connectivity index (χ0n) is 22.7. The summed E-state index contributed by atoms with van der Waals surface area (Å²) in [5.41, 5.74) is 4.29. The van der Waals surface area contributed by atoms with Crippen molar-refractivity contribution in [3.8, 4) is 22.8 Å². The van der Waals surface area contributed by atoms with Gasteiger partial charge in [-0.2, -0.15) is 0 Å². The van der Waals surface area contributed by atoms with Gasteiger partial charge in [-0.1, -0.05) is 5.21 Å². The lowest BCUT2D eigenvalue weighted by Crippen LogP contribution is -2.70. The third kappa shape index (κ3) is 4.09. The fourth-order valence-corrected chi connectivity index (χ4v) is 5.57. The van der Waals surface area contributed by atoms with Crippen molar-refractivity contribution in [3.63, 3.8) is 0 Å². The summed E-state index contributed by atoms with van der Waals surface area (Å²) < 4.78 is 29.6. The number of methoxy groups -OCH3 is 1. The van der Waals surface area contributed by atoms with E-state index < -0.39 is 11.7 Å². The highest BCUT2D eigenvalue weighted by Crippen LogP contribution is 2.37. The average molecular weight is 547 g/mol. The molecular formula is C28H31FN8O3. The molecule has 1 aromatic carbocycles. The first kappa shape index (κ1) is 25.0. The molecule has 0 atom stereocenters. The Kier molecular flexibility index (Phi) is 5.79. The predicted octanol–water partition coefficient (Wildman–Crippen LogP) is 2.45. The van der Waals surface area contributed by atoms with Crippen molar-refractivity contribution in [3.05, 3.63) is 53.7 Å². The van der Waals surface area contributed by atoms with Gasteiger partial charge in [-0.25, -0.2) is 14.1 Å². The first-order chi connectivity index (χ1) is 19.3. The van der Waals surface area contributed by atoms with Crippen LogP contribution in [0.15, 0.2) is 36.8 Å². The summed E-state index contributed by atoms with van der Waals surface area (Å²) in [6, 6.07) is 4.96. The van der Waals surface area contributed by atoms with Crippen molar-refractivity contribution in [2.24, 2.45) is 0 Å². The molecule has 0 unspecified atom stereocenters. The number of fused-ring (bicyclic) bond motifs is 1. The van der Waals surface area contributed by atoms with E-state index in [-0.39, 0.29) is 17.1 Å². The molecule has 1 aliphatic carbocycles. The van der Waals surface area contributed by atoms with E-state index in [0.29, 0.717) is 16.9 Å². The number of nitrogens with zero attached hydrogens (tertiary/aromatic N) is 7. The van der Waals surface area contributed by atoms with E-state index in [4.69, 9.17) is 9.47 Å². The SMILES string of the molecule is COc1cc2ncc(-c3cn(-c4cc(C(=O)NC5CC5)c(F)cc4C)nn3)n2cc1N1CCN(C)C2(COC2)C1. The highest BCUT2D eigenvalue weighted by atomic mass is 19.1. The van der Waals surface area contributed by atoms with Crippen LogP contribution < -0.4 is 15.0 Å². The molecule has 3 aromatic heterocycles. The number of imidazole rings is 1. The second-order valence-corrected chi connectivity index (χ2v) is 11.1. The Morgan fingerprint density at radius 1 is 1.18 bits per heavy atom. The van der Waals surface area contributed by atoms with Gasteiger partial charge < -0.3 is 19.7 Å². The van der Waals surface area contributed by atoms with Crippen LogP contribution in [-0.4, -0.2) is 93.8 Å². The Morgan fingerprint density at radius 3 is 2.73 bits per heavy atom. The fraction of sp³-hybridized carbons (Fsp3) is 0.429. The number of likely N-dealkylation sites (N-methyl/N-ethyl adjacent to an activating group) is 1. The van der Waals surface area contributed by atoms with Gasteiger partial charge in [-0.15, -0.1) is 5.10 Å². The van der Waals surface area contributed by atoms with Crippen molar-refractivity contribution in [2.45, 2.75) is 31.3 Å². The summed E-state index contributed by atoms with van der Waals surface area (Å²) in [6.07, 6.45) is 7.42. The third-order valence-electron chi connectivity index (χ3n) is 8.34. The molecule has 0 bridgehead atoms. The second kappa shape index (κ2) is 9.27. The van der Waals surface area contributed by atoms with E-state index in [1.807, 2.05) is 16.7 Å². The van der Waals surface area contributed by atoms with Gasteiger partial charge >= 0.3 is 0 Å². The third-order valence-corrected chi connectivity index (χ3v) is 8.34. The zero-order chi connectivity index (χ0) is 27.6. The molecule has 11 nitrogen and oxygen atoms in total. The minimum atomic E-state index is -0.554. The van der Waals surface area contributed by atoms with Gasteiger partial charge in [0.05, 0.1) is 60.9 Å². The van der Waals surface area contributed by atoms with Crippen molar-refractivity contribution < 1.29 is 18.7 Å². The molecule has 1 amide bonds. The Balaban J connectivity index is 1.23. The maximum Gasteiger partial charge on any atom is 0.254 e. The Labute approximate surface area is 230 Å². The number of carbonyl (C=O) groups excluding carboxylic acids is 1. The number of pyridine rings is 1. The molecule has 3 fully saturated rings. The summed E-state index contributed by atoms with van der Waals surface area (Å²) in [7, 11) is 3.83. The largest absolute Gasteiger partial charge is 0.494 e. The van der Waals surface area contributed by atoms with Crippen LogP contribution in [0.3, 0.4) is 0 Å². The second-order valence-electron chi connectivity index (χ2n) is 11.1. The number of anilines is 1. The van der Waals surface area contributed by atoms with Crippen LogP contribution in [0.1, 0.15) is 28.8 Å². The standard InChI is InChI=1S/C28H31FN8O3/c1-17-8-20(29)19(27(38)31-18-4-5-18)9-22(17)37-12-21(32-33-37)23-11-30-26-10-25(39-3)24(13-36(23)26)35-7-6-34(2)28(14-35)15-40-16-28/h8-13,18H,4-7,14-16H2,1-3H3,(H,31,38). The molecule has 12 heteroatoms. The molecule has 1 spiro atoms. The van der Waals surface area contributed by atoms with E-state index in [9.17, 15) is 9.18 Å². The molecule has 7 rings (SSSR count). The Bertz CT molecular complexity index is 1620. The summed E-state index contributed by atoms with van der Waals surface area (Å²) in [5, 5.41) is 11.6. The summed E-state index contributed by atoms with van der Waals surface area (Å²) in [4.78, 5) is 21.9. The number of aromatic nitrogens is 5. The zero-order valence-corrected chi connectivity index (χ0v) is 22.7. The predicted molar refractivity (Wildman–Crippen MR) is 146 cm³/mol. The van der Waals surface area contributed by atoms with Crippen molar-refractivity contribution in [1.82, 2.24) is 34.6 Å². The van der Waals surface area contributed by atoms with E-state index >= 15 is 0 Å². The first-order valence-electron chi connectivity index (χ1n) is 13.5. The molecule has 2 aliphatic heterocycles. The first-order valence-corrected chi connectivity index (χ1v) is 13.5. The van der Waals surface area contributed by atoms with Gasteiger partial charge in [0.25, 0.3) is 5.91 Å². The topological polar surface area (TPSA) is 102 Å². The quantitative estimate of drug-likeness (QED) is 0.394. The molecule has 0 radical (unpaired) electrons. The van der Waals surface area contributed by atoms with Crippen LogP contribution in [0.5, 0.6) is 5.75 Å². The van der Waals surface area contributed by atoms with Crippen LogP contribution in [-0.2, 0) is 4.74 Å². The van der Waals surface area contributed by atoms with E-state index in [1.165, 1.54) is 12.1 Å². The van der Waals surface area contributed by atoms with Crippen LogP contribution in [0, 0.1) is 12.7 Å². The number of ether oxygens (including phenoxy) is 2. The Hall–Kier alpha value is -4.03. The molecule has 1 N–H and O–H groups in total. The van der Waals surface area contributed by atoms with Crippen LogP contribution in [0.2, 0.25) is 0 Å². The fourth-order valence-electron chi connectivity index (χ4n) is 5.57. The molecule has 3 aliphatic rings. The molecule has 1 saturated carbocycles. The van der Waals surface area contributed by atoms with Crippen molar-refractivity contribution in [1.29, 1.82) is 0 Å². The summed E-state index contributed by atoms with van der Waals surface area (Å²) in [6.45, 7) is 5.85. The highest BCUT2D eigenvalue weighted by Gasteiger charge is 2.46. The van der Waals surface area contributed by atoms with Crippen LogP contribution in [0.4, 0.5) is 10.1 Å². The lowest BCUT2D eigenvalue weighted by Gasteiger charge is -2.54. The average Bonchev–Trinajstić information content (AvgIpc) is 3.43. The number of amides is 1. The lowest BCUT2D eigenvalue weighted by molar-refractivity contribution is -0.134. The maximum absolute atomic E-state index is 14.7. The minimum absolute atomic E-state index is 0.00194. The number of benzene rings is 1. The smallest absolute Gasteiger partial charge is 0.254 e. The number of aryl methyl sites for hydroxylation is 1. The molecule has 40 heavy (non-hydrogen) atoms. The highest BCUT2D eigenvalue weighted by molar-refractivity contribution is 5.95. The summed E-state index contributed by atoms with van der Waals surface area (Å²) >= 11 is 0. The number of rotatable bonds is 6. The van der Waals surface area contributed by atoms with Crippen molar-refractivity contribution >= 4 is 17.2 Å². The van der Waals surface area contributed by atoms with E-state index in [0.717, 1.165) is 68.5 Å². The molecular weight excluding hydrogens is 515 g/mol.